The van der Waals surface area contributed by atoms with Crippen LogP contribution in [0.4, 0.5) is 5.82 Å². The van der Waals surface area contributed by atoms with Crippen LogP contribution in [-0.4, -0.2) is 41.1 Å². The summed E-state index contributed by atoms with van der Waals surface area (Å²) in [6.07, 6.45) is 0.738. The molecule has 1 rings (SSSR count). The van der Waals surface area contributed by atoms with E-state index < -0.39 is 0 Å². The summed E-state index contributed by atoms with van der Waals surface area (Å²) < 4.78 is 4.83. The Hall–Kier alpha value is -1.25. The quantitative estimate of drug-likeness (QED) is 0.651. The number of carbonyl (C=O) groups excluding carboxylic acids is 2. The second-order valence-corrected chi connectivity index (χ2v) is 5.47. The second kappa shape index (κ2) is 10.5. The molecular weight excluding hydrogens is 316 g/mol. The molecule has 1 atom stereocenters. The van der Waals surface area contributed by atoms with Gasteiger partial charge in [0.05, 0.1) is 11.5 Å². The van der Waals surface area contributed by atoms with Crippen LogP contribution in [0.3, 0.4) is 0 Å². The number of aromatic nitrogens is 1. The van der Waals surface area contributed by atoms with Gasteiger partial charge >= 0.3 is 0 Å². The Balaban J connectivity index is 0.00000400. The average molecular weight is 337 g/mol. The van der Waals surface area contributed by atoms with Gasteiger partial charge < -0.3 is 20.9 Å². The van der Waals surface area contributed by atoms with Crippen LogP contribution in [0.15, 0.2) is 10.6 Å². The van der Waals surface area contributed by atoms with Crippen molar-refractivity contribution in [1.82, 2.24) is 10.5 Å². The third-order valence-corrected chi connectivity index (χ3v) is 3.22. The first-order chi connectivity index (χ1) is 9.47. The summed E-state index contributed by atoms with van der Waals surface area (Å²) in [6, 6.07) is 1.70. The summed E-state index contributed by atoms with van der Waals surface area (Å²) in [6.45, 7) is 4.18. The largest absolute Gasteiger partial charge is 0.360 e. The maximum atomic E-state index is 11.5. The number of rotatable bonds is 8. The van der Waals surface area contributed by atoms with Gasteiger partial charge in [0, 0.05) is 18.7 Å². The molecule has 9 heteroatoms. The first kappa shape index (κ1) is 19.8. The van der Waals surface area contributed by atoms with Crippen molar-refractivity contribution in [2.75, 3.05) is 23.4 Å². The molecule has 21 heavy (non-hydrogen) atoms. The van der Waals surface area contributed by atoms with Gasteiger partial charge in [0.1, 0.15) is 5.76 Å². The van der Waals surface area contributed by atoms with E-state index in [9.17, 15) is 9.59 Å². The highest BCUT2D eigenvalue weighted by Gasteiger charge is 2.08. The van der Waals surface area contributed by atoms with Crippen LogP contribution in [0, 0.1) is 6.92 Å². The summed E-state index contributed by atoms with van der Waals surface area (Å²) >= 11 is 1.24. The number of thioether (sulfide) groups is 1. The number of nitrogens with two attached hydrogens (primary N) is 1. The molecule has 1 heterocycles. The zero-order chi connectivity index (χ0) is 15.0. The number of amides is 2. The lowest BCUT2D eigenvalue weighted by Crippen LogP contribution is -2.30. The van der Waals surface area contributed by atoms with Crippen LogP contribution in [0.5, 0.6) is 0 Å². The van der Waals surface area contributed by atoms with Crippen LogP contribution in [-0.2, 0) is 9.59 Å². The van der Waals surface area contributed by atoms with Crippen LogP contribution < -0.4 is 16.4 Å². The predicted molar refractivity (Wildman–Crippen MR) is 85.7 cm³/mol. The Morgan fingerprint density at radius 2 is 2.10 bits per heavy atom. The minimum Gasteiger partial charge on any atom is -0.360 e. The van der Waals surface area contributed by atoms with Gasteiger partial charge in [-0.1, -0.05) is 5.16 Å². The Bertz CT molecular complexity index is 453. The number of halogens is 1. The molecule has 1 aromatic heterocycles. The zero-order valence-electron chi connectivity index (χ0n) is 12.0. The third-order valence-electron chi connectivity index (χ3n) is 2.28. The minimum atomic E-state index is -0.216. The molecule has 0 aliphatic heterocycles. The Labute approximate surface area is 134 Å². The normalized spacial score (nSPS) is 11.4. The molecular formula is C12H21ClN4O3S. The van der Waals surface area contributed by atoms with Gasteiger partial charge in [-0.15, -0.1) is 24.2 Å². The van der Waals surface area contributed by atoms with Crippen molar-refractivity contribution >= 4 is 41.8 Å². The van der Waals surface area contributed by atoms with Gasteiger partial charge in [-0.25, -0.2) is 0 Å². The average Bonchev–Trinajstić information content (AvgIpc) is 2.74. The lowest BCUT2D eigenvalue weighted by Gasteiger charge is -2.07. The number of nitrogens with one attached hydrogen (secondary N) is 2. The second-order valence-electron chi connectivity index (χ2n) is 4.48. The van der Waals surface area contributed by atoms with Crippen molar-refractivity contribution in [2.45, 2.75) is 26.3 Å². The Kier molecular flexibility index (Phi) is 9.85. The Morgan fingerprint density at radius 1 is 1.43 bits per heavy atom. The monoisotopic (exact) mass is 336 g/mol. The fraction of sp³-hybridized carbons (Fsp3) is 0.583. The molecule has 0 aliphatic carbocycles. The van der Waals surface area contributed by atoms with Crippen molar-refractivity contribution in [3.63, 3.8) is 0 Å². The van der Waals surface area contributed by atoms with Gasteiger partial charge in [0.15, 0.2) is 5.82 Å². The van der Waals surface area contributed by atoms with E-state index in [1.807, 2.05) is 6.92 Å². The standard InChI is InChI=1S/C12H20N4O3S.ClH/c1-8(13)3-4-14-11(17)6-20-7-12(18)15-10-5-9(2)19-16-10;/h5,8H,3-4,6-7,13H2,1-2H3,(H,14,17)(H,15,16,18);1H. The maximum Gasteiger partial charge on any atom is 0.235 e. The number of carbonyl (C=O) groups is 2. The van der Waals surface area contributed by atoms with Crippen molar-refractivity contribution in [1.29, 1.82) is 0 Å². The van der Waals surface area contributed by atoms with Crippen LogP contribution in [0.25, 0.3) is 0 Å². The third kappa shape index (κ3) is 9.33. The molecule has 7 nitrogen and oxygen atoms in total. The molecule has 0 fully saturated rings. The number of aryl methyl sites for hydroxylation is 1. The summed E-state index contributed by atoms with van der Waals surface area (Å²) in [5.74, 6) is 1.12. The number of hydrogen-bond acceptors (Lipinski definition) is 6. The van der Waals surface area contributed by atoms with E-state index in [0.717, 1.165) is 6.42 Å². The van der Waals surface area contributed by atoms with Crippen molar-refractivity contribution in [3.05, 3.63) is 11.8 Å². The van der Waals surface area contributed by atoms with E-state index in [1.54, 1.807) is 13.0 Å². The van der Waals surface area contributed by atoms with Gasteiger partial charge in [-0.05, 0) is 20.3 Å². The highest BCUT2D eigenvalue weighted by atomic mass is 35.5. The van der Waals surface area contributed by atoms with E-state index in [4.69, 9.17) is 10.3 Å². The highest BCUT2D eigenvalue weighted by Crippen LogP contribution is 2.08. The van der Waals surface area contributed by atoms with E-state index in [0.29, 0.717) is 18.1 Å². The smallest absolute Gasteiger partial charge is 0.235 e. The number of nitrogens with zero attached hydrogens (tertiary/aromatic N) is 1. The van der Waals surface area contributed by atoms with E-state index in [1.165, 1.54) is 11.8 Å². The van der Waals surface area contributed by atoms with E-state index in [2.05, 4.69) is 15.8 Å². The predicted octanol–water partition coefficient (Wildman–Crippen LogP) is 0.930. The summed E-state index contributed by atoms with van der Waals surface area (Å²) in [5.41, 5.74) is 5.57. The molecule has 0 bridgehead atoms. The van der Waals surface area contributed by atoms with Crippen molar-refractivity contribution in [2.24, 2.45) is 5.73 Å². The first-order valence-electron chi connectivity index (χ1n) is 6.30. The van der Waals surface area contributed by atoms with E-state index >= 15 is 0 Å². The molecule has 4 N–H and O–H groups in total. The lowest BCUT2D eigenvalue weighted by molar-refractivity contribution is -0.118. The van der Waals surface area contributed by atoms with Crippen molar-refractivity contribution < 1.29 is 14.1 Å². The molecule has 0 saturated carbocycles. The molecule has 0 saturated heterocycles. The summed E-state index contributed by atoms with van der Waals surface area (Å²) in [4.78, 5) is 23.0. The Morgan fingerprint density at radius 3 is 2.67 bits per heavy atom. The van der Waals surface area contributed by atoms with Gasteiger partial charge in [-0.2, -0.15) is 0 Å². The minimum absolute atomic E-state index is 0. The van der Waals surface area contributed by atoms with Gasteiger partial charge in [-0.3, -0.25) is 9.59 Å². The highest BCUT2D eigenvalue weighted by molar-refractivity contribution is 8.00. The fourth-order valence-electron chi connectivity index (χ4n) is 1.33. The van der Waals surface area contributed by atoms with E-state index in [-0.39, 0.29) is 41.8 Å². The molecule has 2 amide bonds. The fourth-order valence-corrected chi connectivity index (χ4v) is 1.98. The molecule has 0 aliphatic rings. The van der Waals surface area contributed by atoms with Gasteiger partial charge in [0.2, 0.25) is 11.8 Å². The molecule has 120 valence electrons. The van der Waals surface area contributed by atoms with Crippen LogP contribution in [0.1, 0.15) is 19.1 Å². The molecule has 0 aromatic carbocycles. The zero-order valence-corrected chi connectivity index (χ0v) is 13.7. The first-order valence-corrected chi connectivity index (χ1v) is 7.46. The van der Waals surface area contributed by atoms with Crippen molar-refractivity contribution in [3.8, 4) is 0 Å². The van der Waals surface area contributed by atoms with Crippen LogP contribution in [0.2, 0.25) is 0 Å². The van der Waals surface area contributed by atoms with Gasteiger partial charge in [0.25, 0.3) is 0 Å². The molecule has 1 unspecified atom stereocenters. The molecule has 0 radical (unpaired) electrons. The number of hydrogen-bond donors (Lipinski definition) is 3. The number of anilines is 1. The van der Waals surface area contributed by atoms with Crippen LogP contribution >= 0.6 is 24.2 Å². The summed E-state index contributed by atoms with van der Waals surface area (Å²) in [5, 5.41) is 8.97. The molecule has 1 aromatic rings. The SMILES string of the molecule is Cc1cc(NC(=O)CSCC(=O)NCCC(C)N)no1.Cl. The lowest BCUT2D eigenvalue weighted by atomic mass is 10.2. The maximum absolute atomic E-state index is 11.5. The summed E-state index contributed by atoms with van der Waals surface area (Å²) in [7, 11) is 0. The topological polar surface area (TPSA) is 110 Å². The molecule has 0 spiro atoms.